The number of piperidine rings is 1. The van der Waals surface area contributed by atoms with E-state index in [0.29, 0.717) is 23.2 Å². The molecule has 1 saturated heterocycles. The molecule has 6 nitrogen and oxygen atoms in total. The van der Waals surface area contributed by atoms with E-state index in [4.69, 9.17) is 0 Å². The summed E-state index contributed by atoms with van der Waals surface area (Å²) in [4.78, 5) is 21.6. The van der Waals surface area contributed by atoms with Crippen LogP contribution in [-0.4, -0.2) is 40.6 Å². The van der Waals surface area contributed by atoms with E-state index >= 15 is 0 Å². The molecule has 2 atom stereocenters. The normalized spacial score (nSPS) is 19.0. The third kappa shape index (κ3) is 4.17. The molecule has 3 heterocycles. The van der Waals surface area contributed by atoms with Crippen molar-refractivity contribution in [2.45, 2.75) is 25.9 Å². The number of aromatic nitrogens is 2. The molecule has 0 bridgehead atoms. The lowest BCUT2D eigenvalue weighted by molar-refractivity contribution is 0.152. The summed E-state index contributed by atoms with van der Waals surface area (Å²) >= 11 is 0. The van der Waals surface area contributed by atoms with E-state index in [0.717, 1.165) is 42.8 Å². The fraction of sp³-hybridized carbons (Fsp3) is 0.375. The first kappa shape index (κ1) is 21.0. The summed E-state index contributed by atoms with van der Waals surface area (Å²) in [5.41, 5.74) is 3.55. The molecule has 2 aromatic heterocycles. The Hall–Kier alpha value is -3.24. The maximum absolute atomic E-state index is 13.2. The predicted octanol–water partition coefficient (Wildman–Crippen LogP) is 3.29. The van der Waals surface area contributed by atoms with Crippen molar-refractivity contribution in [1.82, 2.24) is 14.5 Å². The fourth-order valence-corrected chi connectivity index (χ4v) is 4.62. The van der Waals surface area contributed by atoms with Gasteiger partial charge in [-0.1, -0.05) is 19.1 Å². The van der Waals surface area contributed by atoms with Crippen LogP contribution in [0, 0.1) is 23.1 Å². The van der Waals surface area contributed by atoms with Crippen LogP contribution in [0.25, 0.3) is 11.0 Å². The molecule has 0 aliphatic carbocycles. The molecule has 4 rings (SSSR count). The highest BCUT2D eigenvalue weighted by Crippen LogP contribution is 2.30. The van der Waals surface area contributed by atoms with E-state index in [9.17, 15) is 14.4 Å². The van der Waals surface area contributed by atoms with E-state index in [-0.39, 0.29) is 11.4 Å². The number of hydrogen-bond acceptors (Lipinski definition) is 5. The van der Waals surface area contributed by atoms with Crippen molar-refractivity contribution >= 4 is 16.7 Å². The van der Waals surface area contributed by atoms with Crippen molar-refractivity contribution in [2.24, 2.45) is 13.0 Å². The van der Waals surface area contributed by atoms with E-state index in [1.54, 1.807) is 29.8 Å². The van der Waals surface area contributed by atoms with Gasteiger partial charge >= 0.3 is 0 Å². The van der Waals surface area contributed by atoms with Crippen LogP contribution in [0.5, 0.6) is 0 Å². The third-order valence-electron chi connectivity index (χ3n) is 6.30. The Balaban J connectivity index is 1.57. The minimum absolute atomic E-state index is 0.0859. The van der Waals surface area contributed by atoms with Gasteiger partial charge in [0.15, 0.2) is 0 Å². The van der Waals surface area contributed by atoms with Gasteiger partial charge in [0.2, 0.25) is 0 Å². The molecule has 3 aromatic rings. The van der Waals surface area contributed by atoms with Crippen molar-refractivity contribution in [3.05, 3.63) is 69.9 Å². The van der Waals surface area contributed by atoms with Gasteiger partial charge in [-0.2, -0.15) is 5.26 Å². The average molecular weight is 420 g/mol. The molecular formula is C24H26FN5O. The van der Waals surface area contributed by atoms with Crippen LogP contribution in [0.2, 0.25) is 0 Å². The summed E-state index contributed by atoms with van der Waals surface area (Å²) in [6.45, 7) is 4.56. The quantitative estimate of drug-likeness (QED) is 0.649. The number of halogens is 1. The molecule has 0 saturated carbocycles. The molecule has 0 N–H and O–H groups in total. The zero-order valence-electron chi connectivity index (χ0n) is 18.0. The van der Waals surface area contributed by atoms with Gasteiger partial charge < -0.3 is 9.47 Å². The second-order valence-electron chi connectivity index (χ2n) is 8.42. The van der Waals surface area contributed by atoms with Crippen molar-refractivity contribution in [3.63, 3.8) is 0 Å². The highest BCUT2D eigenvalue weighted by atomic mass is 19.1. The maximum Gasteiger partial charge on any atom is 0.252 e. The van der Waals surface area contributed by atoms with Gasteiger partial charge in [-0.15, -0.1) is 0 Å². The highest BCUT2D eigenvalue weighted by Gasteiger charge is 2.30. The number of aryl methyl sites for hydroxylation is 1. The topological polar surface area (TPSA) is 65.2 Å². The Labute approximate surface area is 181 Å². The van der Waals surface area contributed by atoms with Crippen molar-refractivity contribution in [3.8, 4) is 6.07 Å². The standard InChI is InChI=1S/C24H26FN5O/c1-16-14-30(11-10-20(16)28(2)15-17-4-6-18(25)7-5-17)22-12-23(31)29(3)21-9-8-19(13-26)27-24(21)22/h4-9,12,16,20H,10-11,14-15H2,1-3H3. The monoisotopic (exact) mass is 419 g/mol. The van der Waals surface area contributed by atoms with Crippen LogP contribution < -0.4 is 10.5 Å². The van der Waals surface area contributed by atoms with Crippen LogP contribution in [0.3, 0.4) is 0 Å². The zero-order valence-corrected chi connectivity index (χ0v) is 18.0. The summed E-state index contributed by atoms with van der Waals surface area (Å²) in [5, 5.41) is 9.28. The molecule has 160 valence electrons. The van der Waals surface area contributed by atoms with Crippen LogP contribution in [0.15, 0.2) is 47.3 Å². The summed E-state index contributed by atoms with van der Waals surface area (Å²) in [6, 6.07) is 14.2. The molecule has 0 spiro atoms. The first-order chi connectivity index (χ1) is 14.9. The maximum atomic E-state index is 13.2. The van der Waals surface area contributed by atoms with Gasteiger partial charge in [0.1, 0.15) is 23.1 Å². The number of hydrogen-bond donors (Lipinski definition) is 0. The number of nitriles is 1. The smallest absolute Gasteiger partial charge is 0.252 e. The lowest BCUT2D eigenvalue weighted by Crippen LogP contribution is -2.49. The second-order valence-corrected chi connectivity index (χ2v) is 8.42. The number of pyridine rings is 2. The molecule has 7 heteroatoms. The predicted molar refractivity (Wildman–Crippen MR) is 119 cm³/mol. The number of fused-ring (bicyclic) bond motifs is 1. The Bertz CT molecular complexity index is 1200. The average Bonchev–Trinajstić information content (AvgIpc) is 2.77. The van der Waals surface area contributed by atoms with Gasteiger partial charge in [0.25, 0.3) is 5.56 Å². The second kappa shape index (κ2) is 8.48. The molecule has 2 unspecified atom stereocenters. The third-order valence-corrected chi connectivity index (χ3v) is 6.30. The zero-order chi connectivity index (χ0) is 22.1. The van der Waals surface area contributed by atoms with E-state index in [1.165, 1.54) is 12.1 Å². The lowest BCUT2D eigenvalue weighted by atomic mass is 9.92. The Morgan fingerprint density at radius 2 is 2.00 bits per heavy atom. The molecule has 1 aliphatic heterocycles. The van der Waals surface area contributed by atoms with Gasteiger partial charge in [0, 0.05) is 38.8 Å². The minimum Gasteiger partial charge on any atom is -0.369 e. The van der Waals surface area contributed by atoms with Gasteiger partial charge in [-0.3, -0.25) is 9.69 Å². The Morgan fingerprint density at radius 1 is 1.26 bits per heavy atom. The number of benzene rings is 1. The molecule has 1 aromatic carbocycles. The minimum atomic E-state index is -0.220. The summed E-state index contributed by atoms with van der Waals surface area (Å²) in [5.74, 6) is 0.139. The Kier molecular flexibility index (Phi) is 5.75. The van der Waals surface area contributed by atoms with Crippen molar-refractivity contribution < 1.29 is 4.39 Å². The van der Waals surface area contributed by atoms with Crippen LogP contribution in [0.4, 0.5) is 10.1 Å². The van der Waals surface area contributed by atoms with Crippen LogP contribution in [0.1, 0.15) is 24.6 Å². The van der Waals surface area contributed by atoms with E-state index < -0.39 is 0 Å². The summed E-state index contributed by atoms with van der Waals surface area (Å²) in [6.07, 6.45) is 0.938. The molecule has 31 heavy (non-hydrogen) atoms. The van der Waals surface area contributed by atoms with E-state index in [1.807, 2.05) is 12.1 Å². The van der Waals surface area contributed by atoms with E-state index in [2.05, 4.69) is 34.8 Å². The summed E-state index contributed by atoms with van der Waals surface area (Å²) < 4.78 is 14.8. The fourth-order valence-electron chi connectivity index (χ4n) is 4.62. The molecule has 1 aliphatic rings. The Morgan fingerprint density at radius 3 is 2.68 bits per heavy atom. The van der Waals surface area contributed by atoms with Crippen molar-refractivity contribution in [1.29, 1.82) is 5.26 Å². The van der Waals surface area contributed by atoms with Gasteiger partial charge in [-0.25, -0.2) is 9.37 Å². The van der Waals surface area contributed by atoms with Crippen molar-refractivity contribution in [2.75, 3.05) is 25.0 Å². The molecule has 0 radical (unpaired) electrons. The van der Waals surface area contributed by atoms with Crippen LogP contribution >= 0.6 is 0 Å². The first-order valence-electron chi connectivity index (χ1n) is 10.5. The first-order valence-corrected chi connectivity index (χ1v) is 10.5. The number of anilines is 1. The SMILES string of the molecule is CC1CN(c2cc(=O)n(C)c3ccc(C#N)nc23)CCC1N(C)Cc1ccc(F)cc1. The number of rotatable bonds is 4. The number of nitrogens with zero attached hydrogens (tertiary/aromatic N) is 5. The molecule has 1 fully saturated rings. The highest BCUT2D eigenvalue weighted by molar-refractivity contribution is 5.88. The summed E-state index contributed by atoms with van der Waals surface area (Å²) in [7, 11) is 3.83. The molecule has 0 amide bonds. The lowest BCUT2D eigenvalue weighted by Gasteiger charge is -2.42. The molecular weight excluding hydrogens is 393 g/mol. The van der Waals surface area contributed by atoms with Gasteiger partial charge in [-0.05, 0) is 49.2 Å². The largest absolute Gasteiger partial charge is 0.369 e. The van der Waals surface area contributed by atoms with Crippen LogP contribution in [-0.2, 0) is 13.6 Å². The van der Waals surface area contributed by atoms with Gasteiger partial charge in [0.05, 0.1) is 11.2 Å².